The number of methoxy groups -OCH3 is 1. The Morgan fingerprint density at radius 3 is 2.52 bits per heavy atom. The van der Waals surface area contributed by atoms with Gasteiger partial charge in [0.25, 0.3) is 5.91 Å². The molecule has 2 aliphatic rings. The van der Waals surface area contributed by atoms with Crippen molar-refractivity contribution in [1.29, 1.82) is 0 Å². The number of nitrogens with zero attached hydrogens (tertiary/aromatic N) is 2. The van der Waals surface area contributed by atoms with Crippen LogP contribution in [0.5, 0.6) is 0 Å². The Labute approximate surface area is 182 Å². The number of hydrogen-bond donors (Lipinski definition) is 0. The van der Waals surface area contributed by atoms with Gasteiger partial charge in [0.2, 0.25) is 5.90 Å². The molecule has 2 aromatic rings. The quantitative estimate of drug-likeness (QED) is 0.592. The lowest BCUT2D eigenvalue weighted by Gasteiger charge is -2.26. The summed E-state index contributed by atoms with van der Waals surface area (Å²) in [5.74, 6) is 1.31. The van der Waals surface area contributed by atoms with Gasteiger partial charge >= 0.3 is 0 Å². The van der Waals surface area contributed by atoms with Crippen LogP contribution in [0.3, 0.4) is 0 Å². The van der Waals surface area contributed by atoms with Crippen LogP contribution in [-0.4, -0.2) is 30.5 Å². The molecule has 1 unspecified atom stereocenters. The van der Waals surface area contributed by atoms with E-state index in [0.29, 0.717) is 23.9 Å². The molecule has 0 saturated heterocycles. The van der Waals surface area contributed by atoms with Crippen molar-refractivity contribution in [3.05, 3.63) is 83.4 Å². The van der Waals surface area contributed by atoms with E-state index in [1.165, 1.54) is 48.4 Å². The van der Waals surface area contributed by atoms with E-state index in [9.17, 15) is 9.18 Å². The Morgan fingerprint density at radius 1 is 1.19 bits per heavy atom. The molecule has 1 aliphatic heterocycles. The molecule has 0 N–H and O–H groups in total. The lowest BCUT2D eigenvalue weighted by Crippen LogP contribution is -2.36. The molecule has 162 valence electrons. The number of benzene rings is 2. The van der Waals surface area contributed by atoms with Crippen molar-refractivity contribution in [3.63, 3.8) is 0 Å². The van der Waals surface area contributed by atoms with Gasteiger partial charge in [-0.05, 0) is 54.2 Å². The maximum absolute atomic E-state index is 13.2. The van der Waals surface area contributed by atoms with Gasteiger partial charge < -0.3 is 9.47 Å². The molecule has 0 aromatic heterocycles. The van der Waals surface area contributed by atoms with E-state index in [4.69, 9.17) is 9.47 Å². The van der Waals surface area contributed by atoms with Crippen LogP contribution >= 0.6 is 0 Å². The molecule has 0 bridgehead atoms. The summed E-state index contributed by atoms with van der Waals surface area (Å²) in [5.41, 5.74) is 2.78. The second-order valence-corrected chi connectivity index (χ2v) is 8.09. The molecule has 1 aliphatic carbocycles. The Bertz CT molecular complexity index is 963. The average Bonchev–Trinajstić information content (AvgIpc) is 3.31. The van der Waals surface area contributed by atoms with Gasteiger partial charge in [-0.2, -0.15) is 0 Å². The van der Waals surface area contributed by atoms with Gasteiger partial charge in [0, 0.05) is 11.5 Å². The zero-order valence-corrected chi connectivity index (χ0v) is 17.7. The molecular formula is C25H27FN2O3. The van der Waals surface area contributed by atoms with Crippen LogP contribution in [0.15, 0.2) is 66.0 Å². The molecule has 1 heterocycles. The minimum atomic E-state index is -0.333. The summed E-state index contributed by atoms with van der Waals surface area (Å²) in [6.07, 6.45) is 4.89. The van der Waals surface area contributed by atoms with Crippen molar-refractivity contribution in [2.24, 2.45) is 11.0 Å². The molecule has 31 heavy (non-hydrogen) atoms. The van der Waals surface area contributed by atoms with E-state index in [1.807, 2.05) is 12.1 Å². The normalized spacial score (nSPS) is 17.8. The maximum Gasteiger partial charge on any atom is 0.281 e. The van der Waals surface area contributed by atoms with E-state index in [0.717, 1.165) is 11.3 Å². The van der Waals surface area contributed by atoms with Gasteiger partial charge in [-0.3, -0.25) is 4.79 Å². The first-order valence-corrected chi connectivity index (χ1v) is 10.6. The lowest BCUT2D eigenvalue weighted by molar-refractivity contribution is -0.136. The molecule has 1 amide bonds. The summed E-state index contributed by atoms with van der Waals surface area (Å²) in [7, 11) is 1.68. The Kier molecular flexibility index (Phi) is 6.35. The first-order valence-electron chi connectivity index (χ1n) is 10.6. The van der Waals surface area contributed by atoms with E-state index in [1.54, 1.807) is 19.2 Å². The predicted octanol–water partition coefficient (Wildman–Crippen LogP) is 4.98. The van der Waals surface area contributed by atoms with Crippen molar-refractivity contribution in [1.82, 2.24) is 5.01 Å². The SMILES string of the molecule is C=C(OC)C(c1ccc(CN2N=C(c3ccc(F)cc3)OCC2=O)cc1)C1CCCC1. The second-order valence-electron chi connectivity index (χ2n) is 8.09. The topological polar surface area (TPSA) is 51.1 Å². The Morgan fingerprint density at radius 2 is 1.87 bits per heavy atom. The number of hydrazone groups is 1. The van der Waals surface area contributed by atoms with Crippen LogP contribution < -0.4 is 0 Å². The highest BCUT2D eigenvalue weighted by molar-refractivity contribution is 5.97. The molecule has 6 heteroatoms. The molecule has 1 saturated carbocycles. The Hall–Kier alpha value is -3.15. The molecule has 1 fully saturated rings. The zero-order chi connectivity index (χ0) is 21.8. The summed E-state index contributed by atoms with van der Waals surface area (Å²) < 4.78 is 24.1. The van der Waals surface area contributed by atoms with Gasteiger partial charge in [-0.25, -0.2) is 9.40 Å². The van der Waals surface area contributed by atoms with Crippen LogP contribution in [0, 0.1) is 11.7 Å². The van der Waals surface area contributed by atoms with Crippen molar-refractivity contribution in [3.8, 4) is 0 Å². The predicted molar refractivity (Wildman–Crippen MR) is 117 cm³/mol. The minimum absolute atomic E-state index is 0.0916. The van der Waals surface area contributed by atoms with Crippen molar-refractivity contribution >= 4 is 11.8 Å². The van der Waals surface area contributed by atoms with Crippen molar-refractivity contribution in [2.75, 3.05) is 13.7 Å². The molecule has 0 spiro atoms. The van der Waals surface area contributed by atoms with Gasteiger partial charge in [0.15, 0.2) is 6.61 Å². The molecule has 5 nitrogen and oxygen atoms in total. The zero-order valence-electron chi connectivity index (χ0n) is 17.7. The number of amides is 1. The molecule has 4 rings (SSSR count). The Balaban J connectivity index is 1.50. The number of halogens is 1. The van der Waals surface area contributed by atoms with Crippen LogP contribution in [0.1, 0.15) is 48.3 Å². The van der Waals surface area contributed by atoms with Gasteiger partial charge in [0.1, 0.15) is 5.82 Å². The van der Waals surface area contributed by atoms with Gasteiger partial charge in [-0.1, -0.05) is 43.7 Å². The maximum atomic E-state index is 13.2. The third-order valence-electron chi connectivity index (χ3n) is 6.07. The highest BCUT2D eigenvalue weighted by Gasteiger charge is 2.29. The van der Waals surface area contributed by atoms with Crippen LogP contribution in [0.25, 0.3) is 0 Å². The summed E-state index contributed by atoms with van der Waals surface area (Å²) in [5, 5.41) is 5.74. The number of allylic oxidation sites excluding steroid dienone is 1. The summed E-state index contributed by atoms with van der Waals surface area (Å²) in [6, 6.07) is 14.1. The summed E-state index contributed by atoms with van der Waals surface area (Å²) >= 11 is 0. The van der Waals surface area contributed by atoms with Crippen LogP contribution in [-0.2, 0) is 20.8 Å². The average molecular weight is 423 g/mol. The van der Waals surface area contributed by atoms with Crippen LogP contribution in [0.2, 0.25) is 0 Å². The fourth-order valence-electron chi connectivity index (χ4n) is 4.40. The first-order chi connectivity index (χ1) is 15.0. The van der Waals surface area contributed by atoms with E-state index in [-0.39, 0.29) is 24.2 Å². The van der Waals surface area contributed by atoms with E-state index >= 15 is 0 Å². The van der Waals surface area contributed by atoms with Crippen LogP contribution in [0.4, 0.5) is 4.39 Å². The number of carbonyl (C=O) groups is 1. The van der Waals surface area contributed by atoms with E-state index < -0.39 is 0 Å². The highest BCUT2D eigenvalue weighted by atomic mass is 19.1. The number of carbonyl (C=O) groups excluding carboxylic acids is 1. The molecule has 1 atom stereocenters. The monoisotopic (exact) mass is 422 g/mol. The summed E-state index contributed by atoms with van der Waals surface area (Å²) in [6.45, 7) is 4.38. The smallest absolute Gasteiger partial charge is 0.281 e. The third kappa shape index (κ3) is 4.79. The lowest BCUT2D eigenvalue weighted by atomic mass is 9.83. The minimum Gasteiger partial charge on any atom is -0.501 e. The molecule has 0 radical (unpaired) electrons. The number of rotatable bonds is 7. The van der Waals surface area contributed by atoms with E-state index in [2.05, 4.69) is 23.8 Å². The largest absolute Gasteiger partial charge is 0.501 e. The first kappa shape index (κ1) is 21.1. The molecular weight excluding hydrogens is 395 g/mol. The van der Waals surface area contributed by atoms with Gasteiger partial charge in [0.05, 0.1) is 19.4 Å². The number of ether oxygens (including phenoxy) is 2. The third-order valence-corrected chi connectivity index (χ3v) is 6.07. The van der Waals surface area contributed by atoms with Gasteiger partial charge in [-0.15, -0.1) is 5.10 Å². The van der Waals surface area contributed by atoms with Crippen molar-refractivity contribution in [2.45, 2.75) is 38.1 Å². The highest BCUT2D eigenvalue weighted by Crippen LogP contribution is 2.41. The van der Waals surface area contributed by atoms with Crippen molar-refractivity contribution < 1.29 is 18.7 Å². The summed E-state index contributed by atoms with van der Waals surface area (Å²) in [4.78, 5) is 12.3. The fraction of sp³-hybridized carbons (Fsp3) is 0.360. The molecule has 2 aromatic carbocycles. The second kappa shape index (κ2) is 9.33. The fourth-order valence-corrected chi connectivity index (χ4v) is 4.40. The number of hydrogen-bond acceptors (Lipinski definition) is 4. The standard InChI is InChI=1S/C25H27FN2O3/c1-17(30-2)24(19-5-3-4-6-19)20-9-7-18(8-10-20)15-28-23(29)16-31-25(27-28)21-11-13-22(26)14-12-21/h7-14,19,24H,1,3-6,15-16H2,2H3.